The molecule has 1 aliphatic carbocycles. The van der Waals surface area contributed by atoms with Crippen LogP contribution in [0.1, 0.15) is 56.6 Å². The van der Waals surface area contributed by atoms with Gasteiger partial charge in [-0.15, -0.1) is 0 Å². The van der Waals surface area contributed by atoms with Gasteiger partial charge in [-0.05, 0) is 60.6 Å². The summed E-state index contributed by atoms with van der Waals surface area (Å²) in [5.74, 6) is 1.18. The summed E-state index contributed by atoms with van der Waals surface area (Å²) < 4.78 is 22.9. The molecule has 0 saturated carbocycles. The van der Waals surface area contributed by atoms with Crippen molar-refractivity contribution >= 4 is 27.7 Å². The van der Waals surface area contributed by atoms with E-state index in [9.17, 15) is 9.59 Å². The third kappa shape index (κ3) is 4.87. The third-order valence-electron chi connectivity index (χ3n) is 6.99. The second kappa shape index (κ2) is 10.2. The fraction of sp³-hybridized carbons (Fsp3) is 0.379. The molecule has 2 aliphatic heterocycles. The van der Waals surface area contributed by atoms with Gasteiger partial charge in [0.25, 0.3) is 0 Å². The molecule has 2 atom stereocenters. The number of Topliss-reactive ketones (excluding diaryl/α,β-unsaturated/α-hetero) is 1. The van der Waals surface area contributed by atoms with Crippen molar-refractivity contribution in [3.63, 3.8) is 0 Å². The number of allylic oxidation sites excluding steroid dienone is 3. The van der Waals surface area contributed by atoms with E-state index in [4.69, 9.17) is 18.9 Å². The minimum atomic E-state index is -0.593. The van der Waals surface area contributed by atoms with Crippen molar-refractivity contribution in [2.24, 2.45) is 5.92 Å². The van der Waals surface area contributed by atoms with E-state index in [0.29, 0.717) is 47.8 Å². The second-order valence-corrected chi connectivity index (χ2v) is 10.9. The van der Waals surface area contributed by atoms with Crippen LogP contribution in [0.15, 0.2) is 63.4 Å². The highest BCUT2D eigenvalue weighted by Gasteiger charge is 2.42. The number of halogens is 1. The van der Waals surface area contributed by atoms with Crippen molar-refractivity contribution in [2.45, 2.75) is 45.4 Å². The Morgan fingerprint density at radius 3 is 2.51 bits per heavy atom. The number of benzene rings is 2. The van der Waals surface area contributed by atoms with Crippen molar-refractivity contribution in [3.8, 4) is 17.2 Å². The van der Waals surface area contributed by atoms with Crippen LogP contribution in [0.2, 0.25) is 0 Å². The quantitative estimate of drug-likeness (QED) is 0.445. The van der Waals surface area contributed by atoms with Gasteiger partial charge < -0.3 is 24.3 Å². The molecule has 0 amide bonds. The van der Waals surface area contributed by atoms with Crippen LogP contribution in [0.3, 0.4) is 0 Å². The summed E-state index contributed by atoms with van der Waals surface area (Å²) >= 11 is 3.67. The molecule has 194 valence electrons. The van der Waals surface area contributed by atoms with Gasteiger partial charge in [0.15, 0.2) is 17.3 Å². The lowest BCUT2D eigenvalue weighted by atomic mass is 9.71. The van der Waals surface area contributed by atoms with Crippen LogP contribution in [0.4, 0.5) is 0 Å². The Labute approximate surface area is 224 Å². The summed E-state index contributed by atoms with van der Waals surface area (Å²) in [6.45, 7) is 6.27. The predicted octanol–water partition coefficient (Wildman–Crippen LogP) is 5.75. The molecule has 1 N–H and O–H groups in total. The Morgan fingerprint density at radius 1 is 1.14 bits per heavy atom. The lowest BCUT2D eigenvalue weighted by Crippen LogP contribution is -2.36. The van der Waals surface area contributed by atoms with Gasteiger partial charge in [-0.2, -0.15) is 0 Å². The number of carbonyl (C=O) groups excluding carboxylic acids is 2. The highest BCUT2D eigenvalue weighted by atomic mass is 79.9. The van der Waals surface area contributed by atoms with Gasteiger partial charge in [0.1, 0.15) is 5.75 Å². The van der Waals surface area contributed by atoms with E-state index in [1.165, 1.54) is 0 Å². The molecule has 2 aromatic rings. The van der Waals surface area contributed by atoms with Gasteiger partial charge in [0.2, 0.25) is 6.79 Å². The Kier molecular flexibility index (Phi) is 7.03. The number of dihydropyridines is 1. The predicted molar refractivity (Wildman–Crippen MR) is 142 cm³/mol. The first kappa shape index (κ1) is 25.4. The Hall–Kier alpha value is -3.26. The Bertz CT molecular complexity index is 1310. The molecular weight excluding hydrogens is 538 g/mol. The Balaban J connectivity index is 1.58. The number of rotatable bonds is 6. The number of ether oxygens (including phenoxy) is 4. The minimum absolute atomic E-state index is 0.00537. The van der Waals surface area contributed by atoms with E-state index in [1.807, 2.05) is 57.2 Å². The molecule has 8 heteroatoms. The number of methoxy groups -OCH3 is 1. The number of hydrogen-bond donors (Lipinski definition) is 1. The molecule has 7 nitrogen and oxygen atoms in total. The maximum Gasteiger partial charge on any atom is 0.336 e. The first-order valence-corrected chi connectivity index (χ1v) is 13.2. The minimum Gasteiger partial charge on any atom is -0.497 e. The average molecular weight is 568 g/mol. The summed E-state index contributed by atoms with van der Waals surface area (Å²) in [6.07, 6.45) is 0.997. The number of fused-ring (bicyclic) bond motifs is 1. The smallest absolute Gasteiger partial charge is 0.336 e. The van der Waals surface area contributed by atoms with Crippen molar-refractivity contribution in [1.82, 2.24) is 5.32 Å². The lowest BCUT2D eigenvalue weighted by Gasteiger charge is -2.37. The monoisotopic (exact) mass is 567 g/mol. The number of esters is 1. The third-order valence-corrected chi connectivity index (χ3v) is 7.67. The number of carbonyl (C=O) groups is 2. The second-order valence-electron chi connectivity index (χ2n) is 10.0. The molecule has 3 aliphatic rings. The molecule has 2 unspecified atom stereocenters. The average Bonchev–Trinajstić information content (AvgIpc) is 3.33. The van der Waals surface area contributed by atoms with Crippen LogP contribution < -0.4 is 19.5 Å². The Morgan fingerprint density at radius 2 is 1.84 bits per heavy atom. The highest BCUT2D eigenvalue weighted by molar-refractivity contribution is 9.10. The molecule has 0 aromatic heterocycles. The summed E-state index contributed by atoms with van der Waals surface area (Å²) in [5.41, 5.74) is 4.41. The number of ketones is 1. The SMILES string of the molecule is COc1ccc(C2CC(=O)C3=C(C2)NC(C)=C(C(=O)OCC(C)C)C3c2cc3c(cc2Br)OCO3)cc1. The van der Waals surface area contributed by atoms with E-state index < -0.39 is 11.9 Å². The first-order valence-electron chi connectivity index (χ1n) is 12.4. The summed E-state index contributed by atoms with van der Waals surface area (Å²) in [7, 11) is 1.63. The van der Waals surface area contributed by atoms with Crippen LogP contribution in [0.5, 0.6) is 17.2 Å². The van der Waals surface area contributed by atoms with Crippen LogP contribution >= 0.6 is 15.9 Å². The molecule has 5 rings (SSSR count). The number of hydrogen-bond acceptors (Lipinski definition) is 7. The van der Waals surface area contributed by atoms with Gasteiger partial charge in [-0.25, -0.2) is 4.79 Å². The van der Waals surface area contributed by atoms with Crippen molar-refractivity contribution in [3.05, 3.63) is 74.5 Å². The van der Waals surface area contributed by atoms with Gasteiger partial charge in [-0.3, -0.25) is 4.79 Å². The van der Waals surface area contributed by atoms with Gasteiger partial charge in [-0.1, -0.05) is 41.9 Å². The maximum absolute atomic E-state index is 13.8. The van der Waals surface area contributed by atoms with Crippen LogP contribution in [-0.2, 0) is 14.3 Å². The molecular formula is C29H30BrNO6. The molecule has 2 heterocycles. The molecule has 37 heavy (non-hydrogen) atoms. The first-order chi connectivity index (χ1) is 17.8. The van der Waals surface area contributed by atoms with Crippen LogP contribution in [0.25, 0.3) is 0 Å². The van der Waals surface area contributed by atoms with Crippen LogP contribution in [-0.4, -0.2) is 32.3 Å². The van der Waals surface area contributed by atoms with Gasteiger partial charge >= 0.3 is 5.97 Å². The zero-order valence-corrected chi connectivity index (χ0v) is 22.9. The molecule has 0 fully saturated rings. The van der Waals surface area contributed by atoms with Gasteiger partial charge in [0.05, 0.1) is 19.3 Å². The van der Waals surface area contributed by atoms with E-state index in [1.54, 1.807) is 7.11 Å². The van der Waals surface area contributed by atoms with E-state index >= 15 is 0 Å². The van der Waals surface area contributed by atoms with Gasteiger partial charge in [0, 0.05) is 33.8 Å². The maximum atomic E-state index is 13.8. The fourth-order valence-corrected chi connectivity index (χ4v) is 5.76. The highest BCUT2D eigenvalue weighted by Crippen LogP contribution is 2.49. The molecule has 2 aromatic carbocycles. The van der Waals surface area contributed by atoms with E-state index in [-0.39, 0.29) is 24.4 Å². The van der Waals surface area contributed by atoms with Crippen molar-refractivity contribution in [2.75, 3.05) is 20.5 Å². The van der Waals surface area contributed by atoms with E-state index in [0.717, 1.165) is 27.0 Å². The number of nitrogens with one attached hydrogen (secondary N) is 1. The molecule has 0 bridgehead atoms. The van der Waals surface area contributed by atoms with Crippen molar-refractivity contribution in [1.29, 1.82) is 0 Å². The standard InChI is InChI=1S/C29H30BrNO6/c1-15(2)13-35-29(33)26-16(3)31-22-9-18(17-5-7-19(34-4)8-6-17)10-23(32)28(22)27(26)20-11-24-25(12-21(20)30)37-14-36-24/h5-8,11-12,15,18,27,31H,9-10,13-14H2,1-4H3. The van der Waals surface area contributed by atoms with Crippen molar-refractivity contribution < 1.29 is 28.5 Å². The zero-order chi connectivity index (χ0) is 26.3. The van der Waals surface area contributed by atoms with Crippen LogP contribution in [0, 0.1) is 5.92 Å². The topological polar surface area (TPSA) is 83.1 Å². The molecule has 0 radical (unpaired) electrons. The molecule has 0 spiro atoms. The summed E-state index contributed by atoms with van der Waals surface area (Å²) in [4.78, 5) is 27.3. The fourth-order valence-electron chi connectivity index (χ4n) is 5.21. The molecule has 0 saturated heterocycles. The summed E-state index contributed by atoms with van der Waals surface area (Å²) in [6, 6.07) is 11.5. The largest absolute Gasteiger partial charge is 0.497 e. The van der Waals surface area contributed by atoms with E-state index in [2.05, 4.69) is 21.2 Å². The lowest BCUT2D eigenvalue weighted by molar-refractivity contribution is -0.140. The summed E-state index contributed by atoms with van der Waals surface area (Å²) in [5, 5.41) is 3.40. The normalized spacial score (nSPS) is 20.6. The zero-order valence-electron chi connectivity index (χ0n) is 21.4.